The molecule has 3 N–H and O–H groups in total. The number of hydrogen-bond donors (Lipinski definition) is 2. The molecule has 1 amide bonds. The Hall–Kier alpha value is -1.71. The van der Waals surface area contributed by atoms with Gasteiger partial charge in [-0.15, -0.1) is 0 Å². The van der Waals surface area contributed by atoms with Crippen LogP contribution >= 0.6 is 0 Å². The minimum absolute atomic E-state index is 0.0982. The SMILES string of the molecule is Nc1cc(CCC(=O)N2CCCCC2)ccc1O. The Labute approximate surface area is 107 Å². The van der Waals surface area contributed by atoms with Crippen molar-refractivity contribution in [3.8, 4) is 5.75 Å². The second kappa shape index (κ2) is 5.76. The summed E-state index contributed by atoms with van der Waals surface area (Å²) >= 11 is 0. The first-order valence-electron chi connectivity index (χ1n) is 6.52. The van der Waals surface area contributed by atoms with E-state index in [1.165, 1.54) is 6.42 Å². The average Bonchev–Trinajstić information content (AvgIpc) is 2.41. The molecule has 0 unspecified atom stereocenters. The van der Waals surface area contributed by atoms with Gasteiger partial charge in [0.15, 0.2) is 0 Å². The number of amides is 1. The lowest BCUT2D eigenvalue weighted by Gasteiger charge is -2.26. The number of phenols is 1. The van der Waals surface area contributed by atoms with E-state index in [1.807, 2.05) is 11.0 Å². The van der Waals surface area contributed by atoms with Gasteiger partial charge in [-0.05, 0) is 43.4 Å². The van der Waals surface area contributed by atoms with E-state index in [2.05, 4.69) is 0 Å². The summed E-state index contributed by atoms with van der Waals surface area (Å²) in [6.07, 6.45) is 4.68. The smallest absolute Gasteiger partial charge is 0.222 e. The number of aromatic hydroxyl groups is 1. The molecule has 98 valence electrons. The molecular weight excluding hydrogens is 228 g/mol. The van der Waals surface area contributed by atoms with Crippen LogP contribution in [0.4, 0.5) is 5.69 Å². The van der Waals surface area contributed by atoms with Crippen LogP contribution in [-0.4, -0.2) is 29.0 Å². The molecule has 4 heteroatoms. The number of likely N-dealkylation sites (tertiary alicyclic amines) is 1. The van der Waals surface area contributed by atoms with Gasteiger partial charge in [0.1, 0.15) is 5.75 Å². The molecule has 0 aliphatic carbocycles. The highest BCUT2D eigenvalue weighted by Crippen LogP contribution is 2.21. The Morgan fingerprint density at radius 2 is 2.00 bits per heavy atom. The number of nitrogen functional groups attached to an aromatic ring is 1. The minimum Gasteiger partial charge on any atom is -0.506 e. The molecule has 1 aliphatic heterocycles. The van der Waals surface area contributed by atoms with Crippen LogP contribution in [0, 0.1) is 0 Å². The van der Waals surface area contributed by atoms with Gasteiger partial charge in [-0.1, -0.05) is 6.07 Å². The number of carbonyl (C=O) groups is 1. The fourth-order valence-corrected chi connectivity index (χ4v) is 2.31. The van der Waals surface area contributed by atoms with Crippen LogP contribution in [0.15, 0.2) is 18.2 Å². The number of benzene rings is 1. The normalized spacial score (nSPS) is 15.7. The highest BCUT2D eigenvalue weighted by Gasteiger charge is 2.15. The molecule has 4 nitrogen and oxygen atoms in total. The monoisotopic (exact) mass is 248 g/mol. The minimum atomic E-state index is 0.0982. The van der Waals surface area contributed by atoms with E-state index in [9.17, 15) is 9.90 Å². The van der Waals surface area contributed by atoms with Gasteiger partial charge in [-0.2, -0.15) is 0 Å². The predicted molar refractivity (Wildman–Crippen MR) is 71.3 cm³/mol. The molecule has 0 spiro atoms. The van der Waals surface area contributed by atoms with Gasteiger partial charge in [0.05, 0.1) is 5.69 Å². The third kappa shape index (κ3) is 3.15. The van der Waals surface area contributed by atoms with Gasteiger partial charge in [-0.3, -0.25) is 4.79 Å². The van der Waals surface area contributed by atoms with E-state index in [1.54, 1.807) is 12.1 Å². The fraction of sp³-hybridized carbons (Fsp3) is 0.500. The largest absolute Gasteiger partial charge is 0.506 e. The van der Waals surface area contributed by atoms with Gasteiger partial charge in [0, 0.05) is 19.5 Å². The summed E-state index contributed by atoms with van der Waals surface area (Å²) in [6.45, 7) is 1.80. The molecular formula is C14H20N2O2. The average molecular weight is 248 g/mol. The third-order valence-electron chi connectivity index (χ3n) is 3.43. The standard InChI is InChI=1S/C14H20N2O2/c15-12-10-11(4-6-13(12)17)5-7-14(18)16-8-2-1-3-9-16/h4,6,10,17H,1-3,5,7-9,15H2. The third-order valence-corrected chi connectivity index (χ3v) is 3.43. The van der Waals surface area contributed by atoms with E-state index in [-0.39, 0.29) is 11.7 Å². The van der Waals surface area contributed by atoms with Gasteiger partial charge in [-0.25, -0.2) is 0 Å². The Morgan fingerprint density at radius 1 is 1.28 bits per heavy atom. The number of nitrogens with two attached hydrogens (primary N) is 1. The summed E-state index contributed by atoms with van der Waals surface area (Å²) in [5.41, 5.74) is 6.99. The first-order valence-corrected chi connectivity index (χ1v) is 6.52. The molecule has 0 atom stereocenters. The molecule has 0 saturated carbocycles. The van der Waals surface area contributed by atoms with Crippen LogP contribution in [-0.2, 0) is 11.2 Å². The second-order valence-corrected chi connectivity index (χ2v) is 4.83. The van der Waals surface area contributed by atoms with Crippen molar-refractivity contribution in [1.82, 2.24) is 4.90 Å². The zero-order valence-electron chi connectivity index (χ0n) is 10.6. The lowest BCUT2D eigenvalue weighted by atomic mass is 10.1. The number of piperidine rings is 1. The van der Waals surface area contributed by atoms with Crippen molar-refractivity contribution in [2.45, 2.75) is 32.1 Å². The Balaban J connectivity index is 1.86. The topological polar surface area (TPSA) is 66.6 Å². The van der Waals surface area contributed by atoms with E-state index in [0.717, 1.165) is 31.5 Å². The maximum absolute atomic E-state index is 12.0. The zero-order chi connectivity index (χ0) is 13.0. The van der Waals surface area contributed by atoms with Crippen LogP contribution in [0.1, 0.15) is 31.2 Å². The summed E-state index contributed by atoms with van der Waals surface area (Å²) < 4.78 is 0. The number of phenolic OH excluding ortho intramolecular Hbond substituents is 1. The lowest BCUT2D eigenvalue weighted by molar-refractivity contribution is -0.132. The molecule has 18 heavy (non-hydrogen) atoms. The number of anilines is 1. The molecule has 1 aromatic rings. The van der Waals surface area contributed by atoms with Crippen LogP contribution in [0.3, 0.4) is 0 Å². The number of rotatable bonds is 3. The van der Waals surface area contributed by atoms with Crippen LogP contribution in [0.2, 0.25) is 0 Å². The molecule has 1 aromatic carbocycles. The number of aryl methyl sites for hydroxylation is 1. The summed E-state index contributed by atoms with van der Waals surface area (Å²) in [5, 5.41) is 9.32. The van der Waals surface area contributed by atoms with E-state index in [4.69, 9.17) is 5.73 Å². The highest BCUT2D eigenvalue weighted by atomic mass is 16.3. The van der Waals surface area contributed by atoms with Crippen molar-refractivity contribution in [3.05, 3.63) is 23.8 Å². The van der Waals surface area contributed by atoms with Gasteiger partial charge < -0.3 is 15.7 Å². The molecule has 1 heterocycles. The van der Waals surface area contributed by atoms with Crippen molar-refractivity contribution in [3.63, 3.8) is 0 Å². The van der Waals surface area contributed by atoms with Crippen molar-refractivity contribution in [2.75, 3.05) is 18.8 Å². The van der Waals surface area contributed by atoms with Crippen LogP contribution in [0.25, 0.3) is 0 Å². The number of nitrogens with zero attached hydrogens (tertiary/aromatic N) is 1. The molecule has 1 fully saturated rings. The van der Waals surface area contributed by atoms with Gasteiger partial charge in [0.2, 0.25) is 5.91 Å². The summed E-state index contributed by atoms with van der Waals surface area (Å²) in [7, 11) is 0. The summed E-state index contributed by atoms with van der Waals surface area (Å²) in [6, 6.07) is 5.13. The van der Waals surface area contributed by atoms with Crippen molar-refractivity contribution in [1.29, 1.82) is 0 Å². The Morgan fingerprint density at radius 3 is 2.67 bits per heavy atom. The Kier molecular flexibility index (Phi) is 4.07. The maximum atomic E-state index is 12.0. The first-order chi connectivity index (χ1) is 8.66. The van der Waals surface area contributed by atoms with E-state index >= 15 is 0 Å². The van der Waals surface area contributed by atoms with Crippen molar-refractivity contribution in [2.24, 2.45) is 0 Å². The molecule has 0 bridgehead atoms. The van der Waals surface area contributed by atoms with Crippen molar-refractivity contribution < 1.29 is 9.90 Å². The number of carbonyl (C=O) groups excluding carboxylic acids is 1. The maximum Gasteiger partial charge on any atom is 0.222 e. The molecule has 0 aromatic heterocycles. The number of hydrogen-bond acceptors (Lipinski definition) is 3. The lowest BCUT2D eigenvalue weighted by Crippen LogP contribution is -2.35. The fourth-order valence-electron chi connectivity index (χ4n) is 2.31. The Bertz CT molecular complexity index is 426. The second-order valence-electron chi connectivity index (χ2n) is 4.83. The quantitative estimate of drug-likeness (QED) is 0.634. The summed E-state index contributed by atoms with van der Waals surface area (Å²) in [4.78, 5) is 13.9. The van der Waals surface area contributed by atoms with E-state index in [0.29, 0.717) is 18.5 Å². The van der Waals surface area contributed by atoms with Gasteiger partial charge in [0.25, 0.3) is 0 Å². The van der Waals surface area contributed by atoms with Crippen molar-refractivity contribution >= 4 is 11.6 Å². The van der Waals surface area contributed by atoms with Gasteiger partial charge >= 0.3 is 0 Å². The highest BCUT2D eigenvalue weighted by molar-refractivity contribution is 5.76. The van der Waals surface area contributed by atoms with E-state index < -0.39 is 0 Å². The first kappa shape index (κ1) is 12.7. The zero-order valence-corrected chi connectivity index (χ0v) is 10.6. The molecule has 2 rings (SSSR count). The summed E-state index contributed by atoms with van der Waals surface area (Å²) in [5.74, 6) is 0.322. The van der Waals surface area contributed by atoms with Crippen LogP contribution in [0.5, 0.6) is 5.75 Å². The molecule has 1 saturated heterocycles. The predicted octanol–water partition coefficient (Wildman–Crippen LogP) is 1.92. The van der Waals surface area contributed by atoms with Crippen LogP contribution < -0.4 is 5.73 Å². The molecule has 0 radical (unpaired) electrons. The molecule has 1 aliphatic rings.